The summed E-state index contributed by atoms with van der Waals surface area (Å²) in [5.41, 5.74) is 1.94. The molecule has 1 fully saturated rings. The van der Waals surface area contributed by atoms with E-state index in [9.17, 15) is 0 Å². The summed E-state index contributed by atoms with van der Waals surface area (Å²) >= 11 is 0. The monoisotopic (exact) mass is 332 g/mol. The van der Waals surface area contributed by atoms with Crippen molar-refractivity contribution in [2.24, 2.45) is 0 Å². The van der Waals surface area contributed by atoms with Gasteiger partial charge in [0.2, 0.25) is 5.88 Å². The van der Waals surface area contributed by atoms with Crippen LogP contribution in [0.3, 0.4) is 0 Å². The third-order valence-corrected chi connectivity index (χ3v) is 4.44. The molecule has 4 rings (SSSR count). The van der Waals surface area contributed by atoms with Crippen LogP contribution in [0.4, 0.5) is 11.5 Å². The van der Waals surface area contributed by atoms with Crippen LogP contribution in [0.2, 0.25) is 0 Å². The van der Waals surface area contributed by atoms with Gasteiger partial charge in [-0.1, -0.05) is 18.9 Å². The van der Waals surface area contributed by atoms with Crippen LogP contribution in [0.1, 0.15) is 37.3 Å². The number of benzene rings is 1. The fraction of sp³-hybridized carbons (Fsp3) is 0.250. The Hall–Kier alpha value is -2.95. The minimum Gasteiger partial charge on any atom is -0.437 e. The molecule has 2 heterocycles. The number of anilines is 2. The Morgan fingerprint density at radius 3 is 2.40 bits per heavy atom. The van der Waals surface area contributed by atoms with Crippen LogP contribution in [0, 0.1) is 0 Å². The molecule has 1 N–H and O–H groups in total. The number of pyridine rings is 1. The van der Waals surface area contributed by atoms with Crippen LogP contribution < -0.4 is 10.1 Å². The largest absolute Gasteiger partial charge is 0.437 e. The maximum Gasteiger partial charge on any atom is 0.241 e. The minimum atomic E-state index is 0.466. The highest BCUT2D eigenvalue weighted by atomic mass is 16.5. The van der Waals surface area contributed by atoms with Gasteiger partial charge in [-0.05, 0) is 49.2 Å². The SMILES string of the molecule is c1ccc(Nc2ccc(Oc3nccnc3C3CCCC3)cc2)nc1. The lowest BCUT2D eigenvalue weighted by atomic mass is 10.0. The van der Waals surface area contributed by atoms with Gasteiger partial charge in [0, 0.05) is 30.2 Å². The fourth-order valence-corrected chi connectivity index (χ4v) is 3.20. The molecular formula is C20H20N4O. The molecular weight excluding hydrogens is 312 g/mol. The van der Waals surface area contributed by atoms with Crippen molar-refractivity contribution in [3.05, 3.63) is 66.7 Å². The summed E-state index contributed by atoms with van der Waals surface area (Å²) in [5.74, 6) is 2.66. The van der Waals surface area contributed by atoms with Crippen molar-refractivity contribution in [3.8, 4) is 11.6 Å². The highest BCUT2D eigenvalue weighted by Crippen LogP contribution is 2.37. The van der Waals surface area contributed by atoms with E-state index in [1.807, 2.05) is 42.5 Å². The van der Waals surface area contributed by atoms with Gasteiger partial charge >= 0.3 is 0 Å². The second-order valence-electron chi connectivity index (χ2n) is 6.19. The van der Waals surface area contributed by atoms with Gasteiger partial charge in [0.15, 0.2) is 0 Å². The average molecular weight is 332 g/mol. The summed E-state index contributed by atoms with van der Waals surface area (Å²) < 4.78 is 6.01. The van der Waals surface area contributed by atoms with E-state index in [0.29, 0.717) is 11.8 Å². The quantitative estimate of drug-likeness (QED) is 0.707. The summed E-state index contributed by atoms with van der Waals surface area (Å²) in [6, 6.07) is 13.6. The topological polar surface area (TPSA) is 59.9 Å². The molecule has 0 spiro atoms. The van der Waals surface area contributed by atoms with Gasteiger partial charge in [-0.15, -0.1) is 0 Å². The molecule has 0 atom stereocenters. The number of hydrogen-bond acceptors (Lipinski definition) is 5. The fourth-order valence-electron chi connectivity index (χ4n) is 3.20. The lowest BCUT2D eigenvalue weighted by molar-refractivity contribution is 0.444. The van der Waals surface area contributed by atoms with E-state index in [-0.39, 0.29) is 0 Å². The molecule has 1 saturated carbocycles. The van der Waals surface area contributed by atoms with Gasteiger partial charge in [-0.25, -0.2) is 9.97 Å². The first-order chi connectivity index (χ1) is 12.4. The predicted octanol–water partition coefficient (Wildman–Crippen LogP) is 5.07. The van der Waals surface area contributed by atoms with E-state index in [1.54, 1.807) is 18.6 Å². The van der Waals surface area contributed by atoms with Gasteiger partial charge in [-0.3, -0.25) is 4.98 Å². The zero-order valence-corrected chi connectivity index (χ0v) is 13.9. The Balaban J connectivity index is 1.48. The Morgan fingerprint density at radius 2 is 1.64 bits per heavy atom. The van der Waals surface area contributed by atoms with E-state index in [0.717, 1.165) is 22.9 Å². The van der Waals surface area contributed by atoms with Crippen molar-refractivity contribution in [2.75, 3.05) is 5.32 Å². The maximum absolute atomic E-state index is 6.01. The van der Waals surface area contributed by atoms with Crippen molar-refractivity contribution in [1.29, 1.82) is 0 Å². The molecule has 0 radical (unpaired) electrons. The van der Waals surface area contributed by atoms with E-state index < -0.39 is 0 Å². The minimum absolute atomic E-state index is 0.466. The van der Waals surface area contributed by atoms with Crippen LogP contribution in [0.5, 0.6) is 11.6 Å². The lowest BCUT2D eigenvalue weighted by Gasteiger charge is -2.13. The molecule has 0 saturated heterocycles. The van der Waals surface area contributed by atoms with Crippen LogP contribution in [0.15, 0.2) is 61.1 Å². The molecule has 0 bridgehead atoms. The smallest absolute Gasteiger partial charge is 0.241 e. The third kappa shape index (κ3) is 3.76. The van der Waals surface area contributed by atoms with Gasteiger partial charge in [0.05, 0.1) is 0 Å². The van der Waals surface area contributed by atoms with Gasteiger partial charge < -0.3 is 10.1 Å². The molecule has 1 aliphatic carbocycles. The highest BCUT2D eigenvalue weighted by Gasteiger charge is 2.23. The third-order valence-electron chi connectivity index (χ3n) is 4.44. The van der Waals surface area contributed by atoms with Crippen molar-refractivity contribution >= 4 is 11.5 Å². The van der Waals surface area contributed by atoms with Crippen molar-refractivity contribution in [2.45, 2.75) is 31.6 Å². The van der Waals surface area contributed by atoms with Crippen LogP contribution in [-0.4, -0.2) is 15.0 Å². The molecule has 0 unspecified atom stereocenters. The zero-order chi connectivity index (χ0) is 16.9. The summed E-state index contributed by atoms with van der Waals surface area (Å²) in [5, 5.41) is 3.26. The van der Waals surface area contributed by atoms with Crippen molar-refractivity contribution in [3.63, 3.8) is 0 Å². The number of nitrogens with zero attached hydrogens (tertiary/aromatic N) is 3. The van der Waals surface area contributed by atoms with E-state index >= 15 is 0 Å². The standard InChI is InChI=1S/C20H20N4O/c1-2-6-15(5-1)19-20(23-14-13-22-19)25-17-10-8-16(9-11-17)24-18-7-3-4-12-21-18/h3-4,7-15H,1-2,5-6H2,(H,21,24). The van der Waals surface area contributed by atoms with Crippen LogP contribution in [0.25, 0.3) is 0 Å². The maximum atomic E-state index is 6.01. The molecule has 0 amide bonds. The molecule has 1 aliphatic rings. The van der Waals surface area contributed by atoms with E-state index in [2.05, 4.69) is 20.3 Å². The molecule has 1 aromatic carbocycles. The summed E-state index contributed by atoms with van der Waals surface area (Å²) in [4.78, 5) is 13.2. The van der Waals surface area contributed by atoms with E-state index in [1.165, 1.54) is 25.7 Å². The second-order valence-corrected chi connectivity index (χ2v) is 6.19. The normalized spacial score (nSPS) is 14.4. The average Bonchev–Trinajstić information content (AvgIpc) is 3.19. The zero-order valence-electron chi connectivity index (χ0n) is 13.9. The van der Waals surface area contributed by atoms with E-state index in [4.69, 9.17) is 4.74 Å². The summed E-state index contributed by atoms with van der Waals surface area (Å²) in [7, 11) is 0. The number of hydrogen-bond donors (Lipinski definition) is 1. The Labute approximate surface area is 147 Å². The summed E-state index contributed by atoms with van der Waals surface area (Å²) in [6.45, 7) is 0. The van der Waals surface area contributed by atoms with Crippen molar-refractivity contribution in [1.82, 2.24) is 15.0 Å². The number of rotatable bonds is 5. The lowest BCUT2D eigenvalue weighted by Crippen LogP contribution is -2.02. The Kier molecular flexibility index (Phi) is 4.55. The molecule has 0 aliphatic heterocycles. The van der Waals surface area contributed by atoms with Gasteiger partial charge in [0.1, 0.15) is 17.3 Å². The van der Waals surface area contributed by atoms with Crippen molar-refractivity contribution < 1.29 is 4.74 Å². The molecule has 126 valence electrons. The van der Waals surface area contributed by atoms with Crippen LogP contribution in [-0.2, 0) is 0 Å². The number of ether oxygens (including phenoxy) is 1. The molecule has 5 nitrogen and oxygen atoms in total. The predicted molar refractivity (Wildman–Crippen MR) is 97.3 cm³/mol. The number of aromatic nitrogens is 3. The molecule has 3 aromatic rings. The summed E-state index contributed by atoms with van der Waals surface area (Å²) in [6.07, 6.45) is 10.1. The number of nitrogens with one attached hydrogen (secondary N) is 1. The van der Waals surface area contributed by atoms with Crippen LogP contribution >= 0.6 is 0 Å². The van der Waals surface area contributed by atoms with Gasteiger partial charge in [-0.2, -0.15) is 0 Å². The molecule has 5 heteroatoms. The first-order valence-corrected chi connectivity index (χ1v) is 8.65. The Bertz CT molecular complexity index is 815. The molecule has 2 aromatic heterocycles. The first-order valence-electron chi connectivity index (χ1n) is 8.65. The van der Waals surface area contributed by atoms with Gasteiger partial charge in [0.25, 0.3) is 0 Å². The second kappa shape index (κ2) is 7.30. The highest BCUT2D eigenvalue weighted by molar-refractivity contribution is 5.57. The molecule has 25 heavy (non-hydrogen) atoms. The first kappa shape index (κ1) is 15.6. The Morgan fingerprint density at radius 1 is 0.840 bits per heavy atom.